The van der Waals surface area contributed by atoms with E-state index < -0.39 is 5.97 Å². The molecule has 7 heteroatoms. The lowest BCUT2D eigenvalue weighted by Crippen LogP contribution is -2.25. The van der Waals surface area contributed by atoms with Crippen LogP contribution in [-0.2, 0) is 17.6 Å². The zero-order valence-corrected chi connectivity index (χ0v) is 15.0. The zero-order valence-electron chi connectivity index (χ0n) is 12.6. The van der Waals surface area contributed by atoms with Gasteiger partial charge in [-0.2, -0.15) is 0 Å². The second kappa shape index (κ2) is 8.21. The molecule has 1 aromatic heterocycles. The summed E-state index contributed by atoms with van der Waals surface area (Å²) < 4.78 is 1.06. The highest BCUT2D eigenvalue weighted by atomic mass is 79.9. The molecular formula is C16H17BrN2O3S. The molecule has 0 saturated carbocycles. The number of carbonyl (C=O) groups excluding carboxylic acids is 1. The number of aromatic carboxylic acids is 1. The standard InChI is InChI=1S/C16H17BrN2O3S/c1-10-8-11(2-4-12(10)17)3-5-14(20)18-7-6-15-19-13(9-23-15)16(21)22/h2,4,8-9H,3,5-7H2,1H3,(H,18,20)(H,21,22). The summed E-state index contributed by atoms with van der Waals surface area (Å²) >= 11 is 4.75. The first-order valence-corrected chi connectivity index (χ1v) is 8.82. The summed E-state index contributed by atoms with van der Waals surface area (Å²) in [5.41, 5.74) is 2.34. The van der Waals surface area contributed by atoms with Crippen molar-refractivity contribution < 1.29 is 14.7 Å². The van der Waals surface area contributed by atoms with Crippen molar-refractivity contribution in [1.29, 1.82) is 0 Å². The number of amides is 1. The van der Waals surface area contributed by atoms with Gasteiger partial charge in [-0.3, -0.25) is 4.79 Å². The molecule has 1 amide bonds. The van der Waals surface area contributed by atoms with Crippen LogP contribution in [-0.4, -0.2) is 28.5 Å². The van der Waals surface area contributed by atoms with Crippen LogP contribution in [0, 0.1) is 6.92 Å². The number of rotatable bonds is 7. The summed E-state index contributed by atoms with van der Waals surface area (Å²) in [5.74, 6) is -1.04. The van der Waals surface area contributed by atoms with Crippen molar-refractivity contribution in [1.82, 2.24) is 10.3 Å². The first-order chi connectivity index (χ1) is 11.0. The molecule has 0 saturated heterocycles. The van der Waals surface area contributed by atoms with Crippen molar-refractivity contribution >= 4 is 39.1 Å². The Balaban J connectivity index is 1.72. The van der Waals surface area contributed by atoms with Gasteiger partial charge in [-0.15, -0.1) is 11.3 Å². The summed E-state index contributed by atoms with van der Waals surface area (Å²) in [7, 11) is 0. The second-order valence-electron chi connectivity index (χ2n) is 5.12. The molecule has 23 heavy (non-hydrogen) atoms. The highest BCUT2D eigenvalue weighted by Crippen LogP contribution is 2.17. The molecule has 122 valence electrons. The molecule has 0 fully saturated rings. The number of benzene rings is 1. The zero-order chi connectivity index (χ0) is 16.8. The number of carbonyl (C=O) groups is 2. The molecular weight excluding hydrogens is 380 g/mol. The monoisotopic (exact) mass is 396 g/mol. The Hall–Kier alpha value is -1.73. The number of nitrogens with one attached hydrogen (secondary N) is 1. The fraction of sp³-hybridized carbons (Fsp3) is 0.312. The first kappa shape index (κ1) is 17.6. The number of aryl methyl sites for hydroxylation is 2. The van der Waals surface area contributed by atoms with Gasteiger partial charge in [0.1, 0.15) is 0 Å². The topological polar surface area (TPSA) is 79.3 Å². The van der Waals surface area contributed by atoms with Crippen LogP contribution in [0.4, 0.5) is 0 Å². The van der Waals surface area contributed by atoms with Gasteiger partial charge in [0, 0.05) is 29.2 Å². The van der Waals surface area contributed by atoms with E-state index in [1.54, 1.807) is 0 Å². The molecule has 0 unspecified atom stereocenters. The van der Waals surface area contributed by atoms with Gasteiger partial charge in [0.25, 0.3) is 0 Å². The van der Waals surface area contributed by atoms with E-state index in [1.165, 1.54) is 16.7 Å². The number of hydrogen-bond donors (Lipinski definition) is 2. The lowest BCUT2D eigenvalue weighted by molar-refractivity contribution is -0.121. The van der Waals surface area contributed by atoms with Crippen molar-refractivity contribution in [3.05, 3.63) is 49.9 Å². The second-order valence-corrected chi connectivity index (χ2v) is 6.91. The number of nitrogens with zero attached hydrogens (tertiary/aromatic N) is 1. The van der Waals surface area contributed by atoms with Gasteiger partial charge in [-0.1, -0.05) is 28.1 Å². The van der Waals surface area contributed by atoms with Crippen molar-refractivity contribution in [2.24, 2.45) is 0 Å². The number of carboxylic acid groups (broad SMARTS) is 1. The highest BCUT2D eigenvalue weighted by molar-refractivity contribution is 9.10. The highest BCUT2D eigenvalue weighted by Gasteiger charge is 2.09. The van der Waals surface area contributed by atoms with Gasteiger partial charge in [-0.25, -0.2) is 9.78 Å². The van der Waals surface area contributed by atoms with Crippen LogP contribution in [0.25, 0.3) is 0 Å². The van der Waals surface area contributed by atoms with Crippen molar-refractivity contribution in [2.45, 2.75) is 26.2 Å². The van der Waals surface area contributed by atoms with Gasteiger partial charge in [0.15, 0.2) is 5.69 Å². The van der Waals surface area contributed by atoms with E-state index in [-0.39, 0.29) is 11.6 Å². The Morgan fingerprint density at radius 3 is 2.78 bits per heavy atom. The van der Waals surface area contributed by atoms with Gasteiger partial charge >= 0.3 is 5.97 Å². The fourth-order valence-electron chi connectivity index (χ4n) is 2.04. The van der Waals surface area contributed by atoms with Crippen LogP contribution < -0.4 is 5.32 Å². The Morgan fingerprint density at radius 2 is 2.13 bits per heavy atom. The van der Waals surface area contributed by atoms with E-state index in [2.05, 4.69) is 32.3 Å². The van der Waals surface area contributed by atoms with Gasteiger partial charge in [0.05, 0.1) is 5.01 Å². The van der Waals surface area contributed by atoms with Crippen molar-refractivity contribution in [3.8, 4) is 0 Å². The Labute approximate surface area is 146 Å². The lowest BCUT2D eigenvalue weighted by atomic mass is 10.1. The molecule has 0 aliphatic carbocycles. The van der Waals surface area contributed by atoms with Crippen molar-refractivity contribution in [2.75, 3.05) is 6.54 Å². The summed E-state index contributed by atoms with van der Waals surface area (Å²) in [6.45, 7) is 2.48. The Morgan fingerprint density at radius 1 is 1.35 bits per heavy atom. The molecule has 1 heterocycles. The number of halogens is 1. The van der Waals surface area contributed by atoms with Gasteiger partial charge in [-0.05, 0) is 30.5 Å². The minimum atomic E-state index is -1.03. The summed E-state index contributed by atoms with van der Waals surface area (Å²) in [4.78, 5) is 26.6. The third kappa shape index (κ3) is 5.44. The summed E-state index contributed by atoms with van der Waals surface area (Å²) in [6, 6.07) is 6.07. The largest absolute Gasteiger partial charge is 0.476 e. The molecule has 0 radical (unpaired) electrons. The smallest absolute Gasteiger partial charge is 0.355 e. The van der Waals surface area contributed by atoms with E-state index >= 15 is 0 Å². The van der Waals surface area contributed by atoms with E-state index in [0.717, 1.165) is 15.6 Å². The van der Waals surface area contributed by atoms with E-state index in [1.807, 2.05) is 19.1 Å². The fourth-order valence-corrected chi connectivity index (χ4v) is 3.06. The number of thiazole rings is 1. The number of hydrogen-bond acceptors (Lipinski definition) is 4. The van der Waals surface area contributed by atoms with Crippen molar-refractivity contribution in [3.63, 3.8) is 0 Å². The molecule has 2 N–H and O–H groups in total. The maximum atomic E-state index is 11.8. The molecule has 0 aliphatic heterocycles. The molecule has 5 nitrogen and oxygen atoms in total. The molecule has 2 rings (SSSR count). The summed E-state index contributed by atoms with van der Waals surface area (Å²) in [6.07, 6.45) is 1.67. The first-order valence-electron chi connectivity index (χ1n) is 7.15. The quantitative estimate of drug-likeness (QED) is 0.752. The molecule has 0 aliphatic rings. The Kier molecular flexibility index (Phi) is 6.29. The molecule has 0 spiro atoms. The van der Waals surface area contributed by atoms with Gasteiger partial charge in [0.2, 0.25) is 5.91 Å². The number of carboxylic acids is 1. The number of aromatic nitrogens is 1. The lowest BCUT2D eigenvalue weighted by Gasteiger charge is -2.06. The van der Waals surface area contributed by atoms with E-state index in [4.69, 9.17) is 5.11 Å². The van der Waals surface area contributed by atoms with Gasteiger partial charge < -0.3 is 10.4 Å². The molecule has 1 aromatic carbocycles. The molecule has 2 aromatic rings. The molecule has 0 atom stereocenters. The van der Waals surface area contributed by atoms with E-state index in [0.29, 0.717) is 30.8 Å². The maximum Gasteiger partial charge on any atom is 0.355 e. The third-order valence-electron chi connectivity index (χ3n) is 3.29. The normalized spacial score (nSPS) is 10.5. The third-order valence-corrected chi connectivity index (χ3v) is 5.09. The van der Waals surface area contributed by atoms with Crippen LogP contribution in [0.2, 0.25) is 0 Å². The van der Waals surface area contributed by atoms with Crippen LogP contribution >= 0.6 is 27.3 Å². The summed E-state index contributed by atoms with van der Waals surface area (Å²) in [5, 5.41) is 13.9. The maximum absolute atomic E-state index is 11.8. The minimum absolute atomic E-state index is 0.0133. The minimum Gasteiger partial charge on any atom is -0.476 e. The predicted octanol–water partition coefficient (Wildman–Crippen LogP) is 3.20. The van der Waals surface area contributed by atoms with Crippen LogP contribution in [0.1, 0.15) is 33.0 Å². The van der Waals surface area contributed by atoms with Crippen LogP contribution in [0.3, 0.4) is 0 Å². The average molecular weight is 397 g/mol. The van der Waals surface area contributed by atoms with Crippen LogP contribution in [0.5, 0.6) is 0 Å². The average Bonchev–Trinajstić information content (AvgIpc) is 2.97. The van der Waals surface area contributed by atoms with Crippen LogP contribution in [0.15, 0.2) is 28.1 Å². The molecule has 0 bridgehead atoms. The predicted molar refractivity (Wildman–Crippen MR) is 93.0 cm³/mol. The van der Waals surface area contributed by atoms with E-state index in [9.17, 15) is 9.59 Å². The SMILES string of the molecule is Cc1cc(CCC(=O)NCCc2nc(C(=O)O)cs2)ccc1Br. The Bertz CT molecular complexity index is 715.